The van der Waals surface area contributed by atoms with Crippen LogP contribution < -0.4 is 5.73 Å². The molecule has 2 aromatic carbocycles. The molecule has 1 unspecified atom stereocenters. The van der Waals surface area contributed by atoms with Crippen molar-refractivity contribution in [1.29, 1.82) is 0 Å². The maximum absolute atomic E-state index is 13.8. The Hall–Kier alpha value is -4.21. The minimum atomic E-state index is -0.890. The molecule has 2 atom stereocenters. The molecule has 0 aliphatic carbocycles. The van der Waals surface area contributed by atoms with Gasteiger partial charge in [-0.25, -0.2) is 4.98 Å². The van der Waals surface area contributed by atoms with Crippen LogP contribution in [0.4, 0.5) is 0 Å². The topological polar surface area (TPSA) is 124 Å². The van der Waals surface area contributed by atoms with Gasteiger partial charge in [0.05, 0.1) is 17.8 Å². The Morgan fingerprint density at radius 2 is 1.87 bits per heavy atom. The van der Waals surface area contributed by atoms with E-state index in [9.17, 15) is 4.79 Å². The van der Waals surface area contributed by atoms with Crippen molar-refractivity contribution in [2.75, 3.05) is 6.54 Å². The quantitative estimate of drug-likeness (QED) is 0.264. The highest BCUT2D eigenvalue weighted by Crippen LogP contribution is 2.36. The summed E-state index contributed by atoms with van der Waals surface area (Å²) in [6.07, 6.45) is 5.18. The lowest BCUT2D eigenvalue weighted by Gasteiger charge is -2.23. The molecule has 2 N–H and O–H groups in total. The normalized spacial score (nSPS) is 16.9. The molecule has 3 aromatic heterocycles. The number of carbonyl (C=O) groups excluding carboxylic acids is 1. The van der Waals surface area contributed by atoms with Crippen molar-refractivity contribution in [2.45, 2.75) is 37.8 Å². The third-order valence-corrected chi connectivity index (χ3v) is 7.07. The predicted octanol–water partition coefficient (Wildman–Crippen LogP) is 6.03. The van der Waals surface area contributed by atoms with E-state index >= 15 is 0 Å². The van der Waals surface area contributed by atoms with Crippen molar-refractivity contribution in [1.82, 2.24) is 20.1 Å². The van der Waals surface area contributed by atoms with Gasteiger partial charge in [-0.2, -0.15) is 0 Å². The summed E-state index contributed by atoms with van der Waals surface area (Å²) in [5, 5.41) is 8.83. The molecule has 10 heteroatoms. The molecule has 0 bridgehead atoms. The number of hydrogen-bond acceptors (Lipinski definition) is 8. The zero-order chi connectivity index (χ0) is 27.0. The smallest absolute Gasteiger partial charge is 0.254 e. The standard InChI is InChI=1S/C29H26ClN5O4/c1-29(31,17-18-6-3-2-4-7-18)28-34-33-26(39-28)20-14-19(25-32-11-13-37-25)15-21(16-20)27(36)35-12-5-8-22(35)23-9-10-24(30)38-23/h2-4,6-7,9-11,13-16,22H,5,8,12,17,31H2,1H3/t22?,29-/m1/s1. The Morgan fingerprint density at radius 3 is 2.59 bits per heavy atom. The van der Waals surface area contributed by atoms with Gasteiger partial charge in [-0.1, -0.05) is 30.3 Å². The van der Waals surface area contributed by atoms with Crippen molar-refractivity contribution in [3.05, 3.63) is 101 Å². The fourth-order valence-electron chi connectivity index (χ4n) is 5.01. The van der Waals surface area contributed by atoms with Crippen LogP contribution in [0.25, 0.3) is 22.9 Å². The third kappa shape index (κ3) is 5.10. The van der Waals surface area contributed by atoms with Gasteiger partial charge in [-0.15, -0.1) is 10.2 Å². The second-order valence-corrected chi connectivity index (χ2v) is 10.3. The summed E-state index contributed by atoms with van der Waals surface area (Å²) in [6, 6.07) is 18.5. The van der Waals surface area contributed by atoms with Gasteiger partial charge in [0.1, 0.15) is 12.0 Å². The number of oxazole rings is 1. The first kappa shape index (κ1) is 25.1. The molecular weight excluding hydrogens is 518 g/mol. The van der Waals surface area contributed by atoms with Crippen LogP contribution >= 0.6 is 11.6 Å². The van der Waals surface area contributed by atoms with Gasteiger partial charge >= 0.3 is 0 Å². The summed E-state index contributed by atoms with van der Waals surface area (Å²) in [5.41, 5.74) is 8.36. The Labute approximate surface area is 229 Å². The number of rotatable bonds is 7. The van der Waals surface area contributed by atoms with E-state index in [0.29, 0.717) is 52.4 Å². The van der Waals surface area contributed by atoms with E-state index in [1.807, 2.05) is 43.3 Å². The summed E-state index contributed by atoms with van der Waals surface area (Å²) in [7, 11) is 0. The highest BCUT2D eigenvalue weighted by molar-refractivity contribution is 6.28. The van der Waals surface area contributed by atoms with Crippen LogP contribution in [0.5, 0.6) is 0 Å². The van der Waals surface area contributed by atoms with Crippen molar-refractivity contribution in [2.24, 2.45) is 5.73 Å². The molecule has 4 heterocycles. The van der Waals surface area contributed by atoms with E-state index in [1.165, 1.54) is 6.26 Å². The summed E-state index contributed by atoms with van der Waals surface area (Å²) >= 11 is 6.01. The van der Waals surface area contributed by atoms with Gasteiger partial charge in [0.25, 0.3) is 5.91 Å². The molecule has 1 aliphatic heterocycles. The largest absolute Gasteiger partial charge is 0.448 e. The molecule has 1 amide bonds. The molecule has 1 aliphatic rings. The van der Waals surface area contributed by atoms with Crippen LogP contribution in [0.1, 0.15) is 53.4 Å². The van der Waals surface area contributed by atoms with Crippen LogP contribution in [0.15, 0.2) is 86.4 Å². The van der Waals surface area contributed by atoms with Gasteiger partial charge < -0.3 is 23.9 Å². The van der Waals surface area contributed by atoms with E-state index < -0.39 is 5.54 Å². The van der Waals surface area contributed by atoms with Crippen molar-refractivity contribution >= 4 is 17.5 Å². The molecule has 9 nitrogen and oxygen atoms in total. The van der Waals surface area contributed by atoms with Crippen LogP contribution in [0.3, 0.4) is 0 Å². The van der Waals surface area contributed by atoms with E-state index in [-0.39, 0.29) is 17.8 Å². The second-order valence-electron chi connectivity index (χ2n) is 9.93. The minimum absolute atomic E-state index is 0.160. The first-order valence-electron chi connectivity index (χ1n) is 12.7. The molecule has 0 saturated carbocycles. The monoisotopic (exact) mass is 543 g/mol. The van der Waals surface area contributed by atoms with Crippen LogP contribution in [0.2, 0.25) is 5.22 Å². The fourth-order valence-corrected chi connectivity index (χ4v) is 5.16. The van der Waals surface area contributed by atoms with Crippen molar-refractivity contribution < 1.29 is 18.0 Å². The summed E-state index contributed by atoms with van der Waals surface area (Å²) < 4.78 is 17.3. The van der Waals surface area contributed by atoms with Crippen molar-refractivity contribution in [3.63, 3.8) is 0 Å². The average Bonchev–Trinajstić information content (AvgIpc) is 3.74. The Kier molecular flexibility index (Phi) is 6.54. The van der Waals surface area contributed by atoms with E-state index in [1.54, 1.807) is 35.4 Å². The number of halogens is 1. The first-order valence-corrected chi connectivity index (χ1v) is 13.0. The third-order valence-electron chi connectivity index (χ3n) is 6.87. The SMILES string of the molecule is C[C@@](N)(Cc1ccccc1)c1nnc(-c2cc(C(=O)N3CCCC3c3ccc(Cl)o3)cc(-c3ncco3)c2)o1. The minimum Gasteiger partial charge on any atom is -0.448 e. The van der Waals surface area contributed by atoms with E-state index in [4.69, 9.17) is 30.6 Å². The lowest BCUT2D eigenvalue weighted by molar-refractivity contribution is 0.0720. The summed E-state index contributed by atoms with van der Waals surface area (Å²) in [4.78, 5) is 19.9. The molecule has 198 valence electrons. The Morgan fingerprint density at radius 1 is 1.08 bits per heavy atom. The molecule has 0 spiro atoms. The number of aromatic nitrogens is 3. The maximum Gasteiger partial charge on any atom is 0.254 e. The molecule has 1 fully saturated rings. The number of carbonyl (C=O) groups is 1. The second kappa shape index (κ2) is 10.2. The zero-order valence-corrected chi connectivity index (χ0v) is 22.0. The van der Waals surface area contributed by atoms with Crippen molar-refractivity contribution in [3.8, 4) is 22.9 Å². The average molecular weight is 544 g/mol. The number of benzene rings is 2. The molecule has 5 aromatic rings. The number of nitrogens with zero attached hydrogens (tertiary/aromatic N) is 4. The van der Waals surface area contributed by atoms with Crippen LogP contribution in [-0.2, 0) is 12.0 Å². The van der Waals surface area contributed by atoms with Gasteiger partial charge in [0, 0.05) is 23.2 Å². The number of nitrogens with two attached hydrogens (primary N) is 1. The number of furan rings is 1. The molecule has 6 rings (SSSR count). The van der Waals surface area contributed by atoms with Crippen LogP contribution in [0, 0.1) is 0 Å². The maximum atomic E-state index is 13.8. The van der Waals surface area contributed by atoms with Gasteiger partial charge in [0.2, 0.25) is 17.7 Å². The van der Waals surface area contributed by atoms with Gasteiger partial charge in [-0.05, 0) is 73.7 Å². The highest BCUT2D eigenvalue weighted by Gasteiger charge is 2.34. The summed E-state index contributed by atoms with van der Waals surface area (Å²) in [6.45, 7) is 2.44. The van der Waals surface area contributed by atoms with E-state index in [2.05, 4.69) is 15.2 Å². The van der Waals surface area contributed by atoms with Crippen LogP contribution in [-0.4, -0.2) is 32.5 Å². The molecule has 0 radical (unpaired) electrons. The van der Waals surface area contributed by atoms with Gasteiger partial charge in [-0.3, -0.25) is 4.79 Å². The number of hydrogen-bond donors (Lipinski definition) is 1. The number of likely N-dealkylation sites (tertiary alicyclic amines) is 1. The van der Waals surface area contributed by atoms with E-state index in [0.717, 1.165) is 18.4 Å². The lowest BCUT2D eigenvalue weighted by atomic mass is 9.94. The van der Waals surface area contributed by atoms with Gasteiger partial charge in [0.15, 0.2) is 5.22 Å². The summed E-state index contributed by atoms with van der Waals surface area (Å²) in [5.74, 6) is 1.41. The predicted molar refractivity (Wildman–Crippen MR) is 144 cm³/mol. The molecule has 39 heavy (non-hydrogen) atoms. The zero-order valence-electron chi connectivity index (χ0n) is 21.2. The Bertz CT molecular complexity index is 1590. The lowest BCUT2D eigenvalue weighted by Crippen LogP contribution is -2.35. The fraction of sp³-hybridized carbons (Fsp3) is 0.241. The molecule has 1 saturated heterocycles. The Balaban J connectivity index is 1.35. The highest BCUT2D eigenvalue weighted by atomic mass is 35.5. The number of amides is 1. The first-order chi connectivity index (χ1) is 18.9. The molecular formula is C29H26ClN5O4.